The highest BCUT2D eigenvalue weighted by atomic mass is 16.5. The fourth-order valence-corrected chi connectivity index (χ4v) is 4.20. The van der Waals surface area contributed by atoms with Crippen LogP contribution in [0.1, 0.15) is 66.6 Å². The van der Waals surface area contributed by atoms with Crippen LogP contribution in [0.3, 0.4) is 0 Å². The Kier molecular flexibility index (Phi) is 6.13. The zero-order valence-electron chi connectivity index (χ0n) is 16.7. The smallest absolute Gasteiger partial charge is 0.338 e. The Bertz CT molecular complexity index is 956. The van der Waals surface area contributed by atoms with Crippen molar-refractivity contribution in [1.82, 2.24) is 9.38 Å². The van der Waals surface area contributed by atoms with E-state index >= 15 is 0 Å². The van der Waals surface area contributed by atoms with Crippen molar-refractivity contribution < 1.29 is 14.6 Å². The van der Waals surface area contributed by atoms with Gasteiger partial charge in [0.25, 0.3) is 0 Å². The van der Waals surface area contributed by atoms with Crippen molar-refractivity contribution in [2.45, 2.75) is 58.0 Å². The van der Waals surface area contributed by atoms with Gasteiger partial charge in [0.05, 0.1) is 11.3 Å². The predicted molar refractivity (Wildman–Crippen MR) is 112 cm³/mol. The van der Waals surface area contributed by atoms with E-state index in [0.717, 1.165) is 23.7 Å². The first-order chi connectivity index (χ1) is 14.2. The van der Waals surface area contributed by atoms with E-state index in [2.05, 4.69) is 17.2 Å². The summed E-state index contributed by atoms with van der Waals surface area (Å²) in [5.41, 5.74) is 3.30. The van der Waals surface area contributed by atoms with E-state index in [4.69, 9.17) is 4.74 Å². The first-order valence-electron chi connectivity index (χ1n) is 10.6. The average Bonchev–Trinajstić information content (AvgIpc) is 3.15. The van der Waals surface area contributed by atoms with Crippen molar-refractivity contribution in [3.8, 4) is 5.75 Å². The average molecular weight is 392 g/mol. The lowest BCUT2D eigenvalue weighted by molar-refractivity contribution is 0.0468. The topological polar surface area (TPSA) is 63.8 Å². The number of rotatable bonds is 7. The third kappa shape index (κ3) is 5.17. The number of phenolic OH excluding ortho intramolecular Hbond substituents is 1. The van der Waals surface area contributed by atoms with E-state index in [0.29, 0.717) is 5.56 Å². The van der Waals surface area contributed by atoms with Gasteiger partial charge in [-0.05, 0) is 54.7 Å². The lowest BCUT2D eigenvalue weighted by Crippen LogP contribution is -2.06. The number of benzene rings is 1. The summed E-state index contributed by atoms with van der Waals surface area (Å²) in [6.07, 6.45) is 14.8. The summed E-state index contributed by atoms with van der Waals surface area (Å²) < 4.78 is 7.36. The molecule has 5 heteroatoms. The third-order valence-corrected chi connectivity index (χ3v) is 5.82. The molecule has 5 nitrogen and oxygen atoms in total. The molecule has 2 aromatic heterocycles. The van der Waals surface area contributed by atoms with Gasteiger partial charge in [-0.2, -0.15) is 0 Å². The minimum absolute atomic E-state index is 0.122. The molecule has 0 radical (unpaired) electrons. The Morgan fingerprint density at radius 2 is 1.86 bits per heavy atom. The molecule has 4 rings (SSSR count). The molecule has 0 amide bonds. The maximum absolute atomic E-state index is 12.1. The van der Waals surface area contributed by atoms with Crippen molar-refractivity contribution in [1.29, 1.82) is 0 Å². The number of carbonyl (C=O) groups excluding carboxylic acids is 1. The fraction of sp³-hybridized carbons (Fsp3) is 0.417. The quantitative estimate of drug-likeness (QED) is 0.554. The maximum Gasteiger partial charge on any atom is 0.338 e. The molecule has 0 unspecified atom stereocenters. The Hall–Kier alpha value is -2.82. The highest BCUT2D eigenvalue weighted by Gasteiger charge is 2.13. The number of pyridine rings is 1. The van der Waals surface area contributed by atoms with E-state index in [-0.39, 0.29) is 12.4 Å². The molecule has 29 heavy (non-hydrogen) atoms. The number of ether oxygens (including phenoxy) is 1. The number of fused-ring (bicyclic) bond motifs is 1. The summed E-state index contributed by atoms with van der Waals surface area (Å²) in [5, 5.41) is 9.30. The molecule has 1 aromatic carbocycles. The van der Waals surface area contributed by atoms with Gasteiger partial charge in [-0.1, -0.05) is 44.6 Å². The van der Waals surface area contributed by atoms with Gasteiger partial charge in [0.2, 0.25) is 0 Å². The molecular formula is C24H28N2O3. The van der Waals surface area contributed by atoms with Crippen LogP contribution in [0.15, 0.2) is 48.8 Å². The molecule has 0 saturated heterocycles. The highest BCUT2D eigenvalue weighted by Crippen LogP contribution is 2.27. The third-order valence-electron chi connectivity index (χ3n) is 5.82. The van der Waals surface area contributed by atoms with E-state index in [1.807, 2.05) is 16.7 Å². The second-order valence-electron chi connectivity index (χ2n) is 8.05. The number of aromatic nitrogens is 2. The number of hydrogen-bond donors (Lipinski definition) is 1. The summed E-state index contributed by atoms with van der Waals surface area (Å²) in [6.45, 7) is 0.123. The molecule has 0 atom stereocenters. The molecule has 0 spiro atoms. The lowest BCUT2D eigenvalue weighted by Gasteiger charge is -2.21. The normalized spacial score (nSPS) is 14.9. The molecule has 0 bridgehead atoms. The molecule has 3 aromatic rings. The summed E-state index contributed by atoms with van der Waals surface area (Å²) in [7, 11) is 0. The minimum Gasteiger partial charge on any atom is -0.508 e. The second kappa shape index (κ2) is 9.12. The van der Waals surface area contributed by atoms with Gasteiger partial charge in [-0.25, -0.2) is 9.78 Å². The number of esters is 1. The van der Waals surface area contributed by atoms with Crippen molar-refractivity contribution >= 4 is 11.6 Å². The van der Waals surface area contributed by atoms with Gasteiger partial charge in [0, 0.05) is 12.4 Å². The van der Waals surface area contributed by atoms with Crippen LogP contribution in [0.5, 0.6) is 5.75 Å². The number of carbonyl (C=O) groups is 1. The first kappa shape index (κ1) is 19.5. The van der Waals surface area contributed by atoms with Gasteiger partial charge in [0.15, 0.2) is 0 Å². The second-order valence-corrected chi connectivity index (χ2v) is 8.05. The van der Waals surface area contributed by atoms with Gasteiger partial charge in [0.1, 0.15) is 18.0 Å². The summed E-state index contributed by atoms with van der Waals surface area (Å²) >= 11 is 0. The van der Waals surface area contributed by atoms with Crippen molar-refractivity contribution in [3.05, 3.63) is 65.6 Å². The molecule has 1 aliphatic rings. The van der Waals surface area contributed by atoms with E-state index in [1.165, 1.54) is 62.6 Å². The van der Waals surface area contributed by atoms with Crippen molar-refractivity contribution in [2.75, 3.05) is 0 Å². The molecule has 1 saturated carbocycles. The SMILES string of the molecule is O=C(OCc1cn2cc(CCCC3CCCCC3)ccc2n1)c1ccc(O)cc1. The Labute approximate surface area is 171 Å². The largest absolute Gasteiger partial charge is 0.508 e. The maximum atomic E-state index is 12.1. The Morgan fingerprint density at radius 1 is 1.07 bits per heavy atom. The lowest BCUT2D eigenvalue weighted by atomic mass is 9.85. The van der Waals surface area contributed by atoms with Crippen LogP contribution in [-0.2, 0) is 17.8 Å². The van der Waals surface area contributed by atoms with E-state index in [9.17, 15) is 9.90 Å². The molecule has 152 valence electrons. The number of imidazole rings is 1. The summed E-state index contributed by atoms with van der Waals surface area (Å²) in [6, 6.07) is 10.2. The summed E-state index contributed by atoms with van der Waals surface area (Å²) in [4.78, 5) is 16.6. The molecule has 1 fully saturated rings. The summed E-state index contributed by atoms with van der Waals surface area (Å²) in [5.74, 6) is 0.623. The number of phenols is 1. The van der Waals surface area contributed by atoms with Gasteiger partial charge in [-0.3, -0.25) is 0 Å². The van der Waals surface area contributed by atoms with Gasteiger partial charge < -0.3 is 14.2 Å². The van der Waals surface area contributed by atoms with Crippen LogP contribution in [0.4, 0.5) is 0 Å². The number of nitrogens with zero attached hydrogens (tertiary/aromatic N) is 2. The molecule has 0 aliphatic heterocycles. The van der Waals surface area contributed by atoms with Crippen LogP contribution in [0.2, 0.25) is 0 Å². The molecule has 1 aliphatic carbocycles. The van der Waals surface area contributed by atoms with E-state index in [1.54, 1.807) is 12.1 Å². The zero-order chi connectivity index (χ0) is 20.1. The van der Waals surface area contributed by atoms with Gasteiger partial charge in [-0.15, -0.1) is 0 Å². The standard InChI is InChI=1S/C24H28N2O3/c27-22-12-10-20(11-13-22)24(28)29-17-21-16-26-15-19(9-14-23(26)25-21)8-4-7-18-5-2-1-3-6-18/h9-16,18,27H,1-8,17H2. The van der Waals surface area contributed by atoms with Crippen molar-refractivity contribution in [3.63, 3.8) is 0 Å². The van der Waals surface area contributed by atoms with E-state index < -0.39 is 5.97 Å². The van der Waals surface area contributed by atoms with Crippen LogP contribution in [0.25, 0.3) is 5.65 Å². The monoisotopic (exact) mass is 392 g/mol. The molecule has 1 N–H and O–H groups in total. The Morgan fingerprint density at radius 3 is 2.66 bits per heavy atom. The molecule has 2 heterocycles. The Balaban J connectivity index is 1.31. The predicted octanol–water partition coefficient (Wildman–Crippen LogP) is 5.30. The molecular weight excluding hydrogens is 364 g/mol. The van der Waals surface area contributed by atoms with Crippen LogP contribution < -0.4 is 0 Å². The van der Waals surface area contributed by atoms with Crippen molar-refractivity contribution in [2.24, 2.45) is 5.92 Å². The fourth-order valence-electron chi connectivity index (χ4n) is 4.20. The minimum atomic E-state index is -0.426. The number of aromatic hydroxyl groups is 1. The zero-order valence-corrected chi connectivity index (χ0v) is 16.7. The first-order valence-corrected chi connectivity index (χ1v) is 10.6. The van der Waals surface area contributed by atoms with Crippen LogP contribution >= 0.6 is 0 Å². The highest BCUT2D eigenvalue weighted by molar-refractivity contribution is 5.89. The van der Waals surface area contributed by atoms with Crippen LogP contribution in [0, 0.1) is 5.92 Å². The number of hydrogen-bond acceptors (Lipinski definition) is 4. The van der Waals surface area contributed by atoms with Crippen LogP contribution in [-0.4, -0.2) is 20.5 Å². The van der Waals surface area contributed by atoms with Gasteiger partial charge >= 0.3 is 5.97 Å². The number of aryl methyl sites for hydroxylation is 1.